The van der Waals surface area contributed by atoms with Crippen LogP contribution in [0.3, 0.4) is 0 Å². The summed E-state index contributed by atoms with van der Waals surface area (Å²) in [6.45, 7) is 0. The van der Waals surface area contributed by atoms with Crippen LogP contribution < -0.4 is 21.5 Å². The summed E-state index contributed by atoms with van der Waals surface area (Å²) in [5.41, 5.74) is 12.5. The Morgan fingerprint density at radius 2 is 1.76 bits per heavy atom. The third-order valence-corrected chi connectivity index (χ3v) is 2.92. The van der Waals surface area contributed by atoms with Gasteiger partial charge >= 0.3 is 0 Å². The molecular weight excluding hydrogens is 270 g/mol. The number of hydrogen-bond acceptors (Lipinski definition) is 4. The molecule has 0 saturated heterocycles. The lowest BCUT2D eigenvalue weighted by atomic mass is 10.1. The number of nitrogens with one attached hydrogen (secondary N) is 1. The van der Waals surface area contributed by atoms with Crippen LogP contribution in [-0.2, 0) is 0 Å². The molecule has 0 radical (unpaired) electrons. The number of nitrogen functional groups attached to an aromatic ring is 1. The van der Waals surface area contributed by atoms with Crippen molar-refractivity contribution in [3.05, 3.63) is 53.6 Å². The summed E-state index contributed by atoms with van der Waals surface area (Å²) in [6.07, 6.45) is 0. The number of hydrogen-bond donors (Lipinski definition) is 3. The second-order valence-electron chi connectivity index (χ2n) is 4.32. The smallest absolute Gasteiger partial charge is 0.259 e. The van der Waals surface area contributed by atoms with Crippen LogP contribution in [0.4, 0.5) is 11.4 Å². The van der Waals surface area contributed by atoms with Gasteiger partial charge in [0.15, 0.2) is 5.75 Å². The number of ether oxygens (including phenoxy) is 1. The highest BCUT2D eigenvalue weighted by Crippen LogP contribution is 2.26. The molecule has 21 heavy (non-hydrogen) atoms. The lowest BCUT2D eigenvalue weighted by Gasteiger charge is -2.11. The molecule has 0 aliphatic rings. The van der Waals surface area contributed by atoms with Crippen molar-refractivity contribution in [3.63, 3.8) is 0 Å². The van der Waals surface area contributed by atoms with Gasteiger partial charge in [-0.2, -0.15) is 0 Å². The minimum Gasteiger partial charge on any atom is -0.494 e. The van der Waals surface area contributed by atoms with Crippen molar-refractivity contribution in [2.24, 2.45) is 5.73 Å². The first-order valence-corrected chi connectivity index (χ1v) is 6.16. The Balaban J connectivity index is 2.22. The van der Waals surface area contributed by atoms with Crippen LogP contribution in [-0.4, -0.2) is 18.9 Å². The Morgan fingerprint density at radius 3 is 2.33 bits per heavy atom. The third-order valence-electron chi connectivity index (χ3n) is 2.92. The van der Waals surface area contributed by atoms with Gasteiger partial charge < -0.3 is 21.5 Å². The molecule has 108 valence electrons. The van der Waals surface area contributed by atoms with Gasteiger partial charge in [0.25, 0.3) is 5.91 Å². The van der Waals surface area contributed by atoms with E-state index in [0.29, 0.717) is 28.3 Å². The molecule has 5 N–H and O–H groups in total. The number of nitrogens with two attached hydrogens (primary N) is 2. The molecule has 2 aromatic rings. The van der Waals surface area contributed by atoms with E-state index in [1.54, 1.807) is 30.3 Å². The number of rotatable bonds is 4. The highest BCUT2D eigenvalue weighted by Gasteiger charge is 2.14. The van der Waals surface area contributed by atoms with Crippen molar-refractivity contribution in [2.75, 3.05) is 18.2 Å². The Morgan fingerprint density at radius 1 is 1.10 bits per heavy atom. The second kappa shape index (κ2) is 5.96. The van der Waals surface area contributed by atoms with E-state index >= 15 is 0 Å². The second-order valence-corrected chi connectivity index (χ2v) is 4.32. The molecule has 0 spiro atoms. The number of amides is 2. The first-order valence-electron chi connectivity index (χ1n) is 6.16. The van der Waals surface area contributed by atoms with E-state index in [0.717, 1.165) is 0 Å². The lowest BCUT2D eigenvalue weighted by molar-refractivity contribution is 0.0998. The Hall–Kier alpha value is -3.02. The van der Waals surface area contributed by atoms with Crippen LogP contribution in [0.1, 0.15) is 20.7 Å². The van der Waals surface area contributed by atoms with Crippen molar-refractivity contribution >= 4 is 23.2 Å². The van der Waals surface area contributed by atoms with Gasteiger partial charge in [-0.15, -0.1) is 0 Å². The van der Waals surface area contributed by atoms with Crippen LogP contribution in [0, 0.1) is 0 Å². The van der Waals surface area contributed by atoms with Gasteiger partial charge in [-0.1, -0.05) is 6.07 Å². The quantitative estimate of drug-likeness (QED) is 0.742. The zero-order valence-corrected chi connectivity index (χ0v) is 11.4. The fourth-order valence-electron chi connectivity index (χ4n) is 1.88. The first-order chi connectivity index (χ1) is 10.0. The molecule has 0 aliphatic carbocycles. The van der Waals surface area contributed by atoms with Gasteiger partial charge in [-0.25, -0.2) is 0 Å². The van der Waals surface area contributed by atoms with Crippen molar-refractivity contribution in [3.8, 4) is 5.75 Å². The van der Waals surface area contributed by atoms with Crippen molar-refractivity contribution in [1.82, 2.24) is 0 Å². The molecule has 0 heterocycles. The fraction of sp³-hybridized carbons (Fsp3) is 0.0667. The van der Waals surface area contributed by atoms with Crippen molar-refractivity contribution < 1.29 is 14.3 Å². The van der Waals surface area contributed by atoms with E-state index < -0.39 is 5.91 Å². The summed E-state index contributed by atoms with van der Waals surface area (Å²) in [5, 5.41) is 2.70. The molecule has 0 fully saturated rings. The standard InChI is InChI=1S/C15H15N3O3/c1-21-13-11(3-2-4-12(13)16)15(20)18-10-7-5-9(6-8-10)14(17)19/h2-8H,16H2,1H3,(H2,17,19)(H,18,20). The number of para-hydroxylation sites is 1. The summed E-state index contributed by atoms with van der Waals surface area (Å²) >= 11 is 0. The normalized spacial score (nSPS) is 9.95. The van der Waals surface area contributed by atoms with E-state index in [1.165, 1.54) is 19.2 Å². The number of carbonyl (C=O) groups excluding carboxylic acids is 2. The van der Waals surface area contributed by atoms with Gasteiger partial charge in [0.05, 0.1) is 18.4 Å². The number of methoxy groups -OCH3 is 1. The van der Waals surface area contributed by atoms with Gasteiger partial charge in [0, 0.05) is 11.3 Å². The Kier molecular flexibility index (Phi) is 4.08. The Bertz CT molecular complexity index is 681. The van der Waals surface area contributed by atoms with Gasteiger partial charge in [0.1, 0.15) is 0 Å². The fourth-order valence-corrected chi connectivity index (χ4v) is 1.88. The summed E-state index contributed by atoms with van der Waals surface area (Å²) in [4.78, 5) is 23.2. The largest absolute Gasteiger partial charge is 0.494 e. The first kappa shape index (κ1) is 14.4. The molecule has 0 unspecified atom stereocenters. The molecule has 6 nitrogen and oxygen atoms in total. The van der Waals surface area contributed by atoms with Crippen molar-refractivity contribution in [2.45, 2.75) is 0 Å². The lowest BCUT2D eigenvalue weighted by Crippen LogP contribution is -2.14. The summed E-state index contributed by atoms with van der Waals surface area (Å²) < 4.78 is 5.14. The zero-order chi connectivity index (χ0) is 15.4. The molecular formula is C15H15N3O3. The number of benzene rings is 2. The minimum atomic E-state index is -0.523. The molecule has 2 aromatic carbocycles. The third kappa shape index (κ3) is 3.11. The van der Waals surface area contributed by atoms with Crippen molar-refractivity contribution in [1.29, 1.82) is 0 Å². The van der Waals surface area contributed by atoms with Crippen LogP contribution >= 0.6 is 0 Å². The summed E-state index contributed by atoms with van der Waals surface area (Å²) in [6, 6.07) is 11.2. The maximum absolute atomic E-state index is 12.2. The highest BCUT2D eigenvalue weighted by molar-refractivity contribution is 6.07. The molecule has 0 atom stereocenters. The molecule has 0 bridgehead atoms. The van der Waals surface area contributed by atoms with E-state index in [4.69, 9.17) is 16.2 Å². The van der Waals surface area contributed by atoms with Gasteiger partial charge in [0.2, 0.25) is 5.91 Å². The topological polar surface area (TPSA) is 107 Å². The predicted octanol–water partition coefficient (Wildman–Crippen LogP) is 1.63. The number of anilines is 2. The maximum Gasteiger partial charge on any atom is 0.259 e. The maximum atomic E-state index is 12.2. The molecule has 2 rings (SSSR count). The molecule has 2 amide bonds. The van der Waals surface area contributed by atoms with Crippen LogP contribution in [0.25, 0.3) is 0 Å². The van der Waals surface area contributed by atoms with Gasteiger partial charge in [-0.3, -0.25) is 9.59 Å². The highest BCUT2D eigenvalue weighted by atomic mass is 16.5. The van der Waals surface area contributed by atoms with E-state index in [2.05, 4.69) is 5.32 Å². The molecule has 6 heteroatoms. The number of carbonyl (C=O) groups is 2. The van der Waals surface area contributed by atoms with Crippen LogP contribution in [0.2, 0.25) is 0 Å². The zero-order valence-electron chi connectivity index (χ0n) is 11.4. The average molecular weight is 285 g/mol. The molecule has 0 saturated carbocycles. The monoisotopic (exact) mass is 285 g/mol. The van der Waals surface area contributed by atoms with Crippen LogP contribution in [0.15, 0.2) is 42.5 Å². The Labute approximate surface area is 121 Å². The molecule has 0 aromatic heterocycles. The van der Waals surface area contributed by atoms with E-state index in [1.807, 2.05) is 0 Å². The van der Waals surface area contributed by atoms with Crippen LogP contribution in [0.5, 0.6) is 5.75 Å². The number of primary amides is 1. The average Bonchev–Trinajstić information content (AvgIpc) is 2.47. The van der Waals surface area contributed by atoms with E-state index in [-0.39, 0.29) is 5.91 Å². The minimum absolute atomic E-state index is 0.323. The predicted molar refractivity (Wildman–Crippen MR) is 80.3 cm³/mol. The SMILES string of the molecule is COc1c(N)cccc1C(=O)Nc1ccc(C(N)=O)cc1. The summed E-state index contributed by atoms with van der Waals surface area (Å²) in [5.74, 6) is -0.555. The van der Waals surface area contributed by atoms with E-state index in [9.17, 15) is 9.59 Å². The summed E-state index contributed by atoms with van der Waals surface area (Å²) in [7, 11) is 1.45. The molecule has 0 aliphatic heterocycles. The van der Waals surface area contributed by atoms with Gasteiger partial charge in [-0.05, 0) is 36.4 Å².